The summed E-state index contributed by atoms with van der Waals surface area (Å²) in [5.74, 6) is -1.07. The standard InChI is InChI=1S/3C17H34O2.C4H9.Sn/c3*1-2-3-4-5-6-7-8-9-10-11-12-13-14-15-16-17(18)19;1-3-4-2;/h3*2-16H2,1H3,(H,18,19);1,3-4H2,2H3;/q;;;;+3/p-3. The fraction of sp³-hybridized carbons (Fsp3) is 0.945. The van der Waals surface area contributed by atoms with Gasteiger partial charge in [-0.1, -0.05) is 117 Å². The van der Waals surface area contributed by atoms with Gasteiger partial charge in [0.05, 0.1) is 0 Å². The van der Waals surface area contributed by atoms with Crippen LogP contribution in [0.2, 0.25) is 4.44 Å². The van der Waals surface area contributed by atoms with Crippen molar-refractivity contribution in [3.05, 3.63) is 0 Å². The van der Waals surface area contributed by atoms with Gasteiger partial charge in [-0.25, -0.2) is 0 Å². The van der Waals surface area contributed by atoms with Crippen molar-refractivity contribution < 1.29 is 23.6 Å². The summed E-state index contributed by atoms with van der Waals surface area (Å²) in [6, 6.07) is 0. The molecule has 0 aromatic carbocycles. The first-order valence-electron chi connectivity index (χ1n) is 28.1. The Morgan fingerprint density at radius 1 is 0.242 bits per heavy atom. The number of carbonyl (C=O) groups excluding carboxylic acids is 3. The van der Waals surface area contributed by atoms with Crippen LogP contribution in [-0.4, -0.2) is 37.5 Å². The van der Waals surface area contributed by atoms with Crippen LogP contribution >= 0.6 is 0 Å². The molecule has 0 atom stereocenters. The molecule has 0 aromatic heterocycles. The predicted molar refractivity (Wildman–Crippen MR) is 269 cm³/mol. The number of hydrogen-bond donors (Lipinski definition) is 0. The molecule has 62 heavy (non-hydrogen) atoms. The van der Waals surface area contributed by atoms with Crippen LogP contribution in [0.3, 0.4) is 0 Å². The van der Waals surface area contributed by atoms with Gasteiger partial charge in [0, 0.05) is 0 Å². The molecular weight excluding hydrogens is 875 g/mol. The van der Waals surface area contributed by atoms with Crippen molar-refractivity contribution in [3.8, 4) is 0 Å². The van der Waals surface area contributed by atoms with E-state index < -0.39 is 19.6 Å². The summed E-state index contributed by atoms with van der Waals surface area (Å²) in [5, 5.41) is 0. The van der Waals surface area contributed by atoms with E-state index in [1.165, 1.54) is 212 Å². The van der Waals surface area contributed by atoms with E-state index in [-0.39, 0.29) is 37.2 Å². The molecule has 0 fully saturated rings. The van der Waals surface area contributed by atoms with E-state index >= 15 is 0 Å². The van der Waals surface area contributed by atoms with Crippen LogP contribution in [0.4, 0.5) is 0 Å². The van der Waals surface area contributed by atoms with Gasteiger partial charge in [-0.05, 0) is 0 Å². The number of carbonyl (C=O) groups is 3. The van der Waals surface area contributed by atoms with Crippen LogP contribution < -0.4 is 0 Å². The van der Waals surface area contributed by atoms with Crippen LogP contribution in [0.5, 0.6) is 0 Å². The minimum absolute atomic E-state index is 0.288. The summed E-state index contributed by atoms with van der Waals surface area (Å²) in [5.41, 5.74) is 0. The molecule has 0 radical (unpaired) electrons. The molecule has 368 valence electrons. The average Bonchev–Trinajstić information content (AvgIpc) is 3.26. The molecule has 0 saturated carbocycles. The number of rotatable bonds is 51. The van der Waals surface area contributed by atoms with E-state index in [1.807, 2.05) is 0 Å². The third-order valence-electron chi connectivity index (χ3n) is 12.8. The molecule has 0 aliphatic heterocycles. The molecule has 0 aliphatic carbocycles. The first-order valence-corrected chi connectivity index (χ1v) is 33.6. The molecule has 6 nitrogen and oxygen atoms in total. The van der Waals surface area contributed by atoms with Crippen LogP contribution in [0.1, 0.15) is 329 Å². The summed E-state index contributed by atoms with van der Waals surface area (Å²) < 4.78 is 18.8. The van der Waals surface area contributed by atoms with Gasteiger partial charge in [-0.2, -0.15) is 0 Å². The molecule has 0 aromatic rings. The van der Waals surface area contributed by atoms with Gasteiger partial charge in [0.2, 0.25) is 0 Å². The van der Waals surface area contributed by atoms with E-state index in [1.54, 1.807) is 0 Å². The first-order chi connectivity index (χ1) is 30.4. The molecular formula is C55H108O6Sn. The Bertz CT molecular complexity index is 844. The summed E-state index contributed by atoms with van der Waals surface area (Å²) in [4.78, 5) is 40.0. The molecule has 0 bridgehead atoms. The Kier molecular flexibility index (Phi) is 49.0. The summed E-state index contributed by atoms with van der Waals surface area (Å²) in [7, 11) is 0. The van der Waals surface area contributed by atoms with Crippen molar-refractivity contribution in [1.29, 1.82) is 0 Å². The van der Waals surface area contributed by atoms with E-state index in [4.69, 9.17) is 9.22 Å². The summed E-state index contributed by atoms with van der Waals surface area (Å²) in [6.07, 6.45) is 55.1. The van der Waals surface area contributed by atoms with Gasteiger partial charge in [0.25, 0.3) is 0 Å². The van der Waals surface area contributed by atoms with Gasteiger partial charge in [0.15, 0.2) is 0 Å². The van der Waals surface area contributed by atoms with Gasteiger partial charge >= 0.3 is 278 Å². The Balaban J connectivity index is 4.80. The maximum atomic E-state index is 13.3. The molecule has 0 amide bonds. The topological polar surface area (TPSA) is 78.9 Å². The zero-order chi connectivity index (χ0) is 45.3. The van der Waals surface area contributed by atoms with Gasteiger partial charge in [-0.15, -0.1) is 0 Å². The van der Waals surface area contributed by atoms with Gasteiger partial charge < -0.3 is 0 Å². The Labute approximate surface area is 393 Å². The SMILES string of the molecule is CCCCCCCCCCCCCCCCC(=O)[O][Sn]([CH2]CCC)([O]C(=O)CCCCCCCCCCCCCCCC)[O]C(=O)CCCCCCCCCCCCCCCC. The first kappa shape index (κ1) is 61.2. The second-order valence-corrected chi connectivity index (χ2v) is 26.3. The molecule has 0 heterocycles. The minimum atomic E-state index is -4.85. The summed E-state index contributed by atoms with van der Waals surface area (Å²) in [6.45, 7) is 8.89. The minimum Gasteiger partial charge on any atom is -0.0654 e. The quantitative estimate of drug-likeness (QED) is 0.0446. The molecule has 0 spiro atoms. The number of unbranched alkanes of at least 4 members (excludes halogenated alkanes) is 40. The fourth-order valence-corrected chi connectivity index (χ4v) is 16.0. The normalized spacial score (nSPS) is 11.6. The van der Waals surface area contributed by atoms with Crippen molar-refractivity contribution in [2.45, 2.75) is 334 Å². The Morgan fingerprint density at radius 2 is 0.403 bits per heavy atom. The van der Waals surface area contributed by atoms with Crippen LogP contribution in [0.25, 0.3) is 0 Å². The smallest absolute Gasteiger partial charge is 0.0654 e. The predicted octanol–water partition coefficient (Wildman–Crippen LogP) is 19.0. The zero-order valence-corrected chi connectivity index (χ0v) is 45.2. The molecule has 0 N–H and O–H groups in total. The van der Waals surface area contributed by atoms with Crippen molar-refractivity contribution >= 4 is 37.5 Å². The van der Waals surface area contributed by atoms with Gasteiger partial charge in [0.1, 0.15) is 0 Å². The van der Waals surface area contributed by atoms with E-state index in [0.29, 0.717) is 10.9 Å². The summed E-state index contributed by atoms with van der Waals surface area (Å²) >= 11 is -4.85. The molecule has 0 rings (SSSR count). The Hall–Kier alpha value is -0.791. The number of hydrogen-bond acceptors (Lipinski definition) is 6. The van der Waals surface area contributed by atoms with Crippen molar-refractivity contribution in [2.24, 2.45) is 0 Å². The van der Waals surface area contributed by atoms with E-state index in [0.717, 1.165) is 64.2 Å². The molecule has 7 heteroatoms. The monoisotopic (exact) mass is 985 g/mol. The maximum absolute atomic E-state index is 13.3. The van der Waals surface area contributed by atoms with Crippen LogP contribution in [-0.2, 0) is 23.6 Å². The second kappa shape index (κ2) is 49.6. The Morgan fingerprint density at radius 3 is 0.581 bits per heavy atom. The second-order valence-electron chi connectivity index (χ2n) is 19.2. The molecule has 0 saturated heterocycles. The van der Waals surface area contributed by atoms with Crippen molar-refractivity contribution in [3.63, 3.8) is 0 Å². The molecule has 0 aliphatic rings. The van der Waals surface area contributed by atoms with E-state index in [9.17, 15) is 14.4 Å². The fourth-order valence-electron chi connectivity index (χ4n) is 8.67. The third kappa shape index (κ3) is 44.4. The third-order valence-corrected chi connectivity index (χ3v) is 20.2. The zero-order valence-electron chi connectivity index (χ0n) is 42.4. The van der Waals surface area contributed by atoms with Crippen LogP contribution in [0.15, 0.2) is 0 Å². The molecule has 0 unspecified atom stereocenters. The van der Waals surface area contributed by atoms with Crippen LogP contribution in [0, 0.1) is 0 Å². The van der Waals surface area contributed by atoms with E-state index in [2.05, 4.69) is 27.7 Å². The van der Waals surface area contributed by atoms with Crippen molar-refractivity contribution in [1.82, 2.24) is 0 Å². The average molecular weight is 984 g/mol. The van der Waals surface area contributed by atoms with Crippen molar-refractivity contribution in [2.75, 3.05) is 0 Å². The van der Waals surface area contributed by atoms with Gasteiger partial charge in [-0.3, -0.25) is 0 Å².